The molecule has 13 rings (SSSR count). The molecule has 0 fully saturated rings. The van der Waals surface area contributed by atoms with E-state index in [1.165, 1.54) is 115 Å². The molecule has 4 nitrogen and oxygen atoms in total. The van der Waals surface area contributed by atoms with Crippen LogP contribution < -0.4 is 36.0 Å². The van der Waals surface area contributed by atoms with Crippen LogP contribution in [0.1, 0.15) is 115 Å². The largest absolute Gasteiger partial charge is 0.365 e. The predicted octanol–water partition coefficient (Wildman–Crippen LogP) is 12.5. The predicted molar refractivity (Wildman–Crippen MR) is 267 cm³/mol. The Balaban J connectivity index is 1.11. The Morgan fingerprint density at radius 1 is 0.508 bits per heavy atom. The van der Waals surface area contributed by atoms with E-state index in [4.69, 9.17) is 0 Å². The summed E-state index contributed by atoms with van der Waals surface area (Å²) < 4.78 is 0. The number of fused-ring (bicyclic) bond motifs is 15. The fourth-order valence-corrected chi connectivity index (χ4v) is 13.2. The maximum absolute atomic E-state index is 2.78. The molecule has 5 heteroatoms. The van der Waals surface area contributed by atoms with Crippen LogP contribution in [0, 0.1) is 0 Å². The SMILES string of the molecule is CC1(C)CCN2c3cccc(c3)C(C)(C)c3ccc4c(c3)N(c3ccc1c2c3)c1cccc2c1B4c1ccc3cc1N2c1ccc2c(c1)N(CCC2(C)C)C1C=C(CCC1)C3(C)C. The average Bonchev–Trinajstić information content (AvgIpc) is 3.28. The molecular formula is C58H59BN4. The summed E-state index contributed by atoms with van der Waals surface area (Å²) >= 11 is 0. The first-order valence-corrected chi connectivity index (χ1v) is 23.9. The summed E-state index contributed by atoms with van der Waals surface area (Å²) in [7, 11) is 0. The van der Waals surface area contributed by atoms with Crippen LogP contribution in [-0.4, -0.2) is 25.8 Å². The Morgan fingerprint density at radius 3 is 1.78 bits per heavy atom. The van der Waals surface area contributed by atoms with Crippen molar-refractivity contribution in [3.8, 4) is 0 Å². The lowest BCUT2D eigenvalue weighted by Crippen LogP contribution is -2.61. The van der Waals surface area contributed by atoms with Gasteiger partial charge in [-0.25, -0.2) is 0 Å². The smallest absolute Gasteiger partial charge is 0.252 e. The number of benzene rings is 6. The van der Waals surface area contributed by atoms with Gasteiger partial charge < -0.3 is 19.6 Å². The van der Waals surface area contributed by atoms with Gasteiger partial charge in [0.1, 0.15) is 0 Å². The van der Waals surface area contributed by atoms with E-state index in [0.29, 0.717) is 6.04 Å². The zero-order valence-electron chi connectivity index (χ0n) is 38.4. The fourth-order valence-electron chi connectivity index (χ4n) is 13.2. The zero-order valence-corrected chi connectivity index (χ0v) is 38.4. The van der Waals surface area contributed by atoms with E-state index in [2.05, 4.69) is 196 Å². The van der Waals surface area contributed by atoms with Gasteiger partial charge in [-0.3, -0.25) is 0 Å². The minimum atomic E-state index is -0.210. The Morgan fingerprint density at radius 2 is 1.10 bits per heavy atom. The first-order valence-electron chi connectivity index (χ1n) is 23.9. The van der Waals surface area contributed by atoms with Crippen molar-refractivity contribution in [1.29, 1.82) is 0 Å². The standard InChI is InChI=1S/C58H59BN4/c1-55(2)26-28-60-40-14-9-12-36(30-40)57(5,6)38-18-24-46-52(32-38)62(42-20-22-44(55)50(60)34-42)48-16-11-17-49-54(48)59(46)47-25-19-39-33-53(47)63(49)43-21-23-45-51(35-43)61(29-27-56(45,3)4)41-15-10-13-37(31-41)58(39,7)8/h9,11-12,14,16-25,30-35,41H,10,13,15,26-29H2,1-8H3. The highest BCUT2D eigenvalue weighted by Crippen LogP contribution is 2.53. The van der Waals surface area contributed by atoms with E-state index < -0.39 is 0 Å². The second-order valence-electron chi connectivity index (χ2n) is 22.3. The molecule has 0 amide bonds. The molecule has 6 aromatic rings. The van der Waals surface area contributed by atoms with E-state index in [1.54, 1.807) is 5.57 Å². The molecule has 12 bridgehead atoms. The third-order valence-electron chi connectivity index (χ3n) is 17.3. The van der Waals surface area contributed by atoms with E-state index >= 15 is 0 Å². The van der Waals surface area contributed by atoms with Crippen molar-refractivity contribution in [1.82, 2.24) is 0 Å². The van der Waals surface area contributed by atoms with Gasteiger partial charge in [-0.2, -0.15) is 0 Å². The highest BCUT2D eigenvalue weighted by atomic mass is 15.2. The van der Waals surface area contributed by atoms with Gasteiger partial charge >= 0.3 is 0 Å². The van der Waals surface area contributed by atoms with Gasteiger partial charge in [0.2, 0.25) is 0 Å². The van der Waals surface area contributed by atoms with Gasteiger partial charge in [-0.15, -0.1) is 0 Å². The van der Waals surface area contributed by atoms with Gasteiger partial charge in [0.05, 0.1) is 0 Å². The van der Waals surface area contributed by atoms with Crippen molar-refractivity contribution in [2.24, 2.45) is 0 Å². The second kappa shape index (κ2) is 12.5. The Kier molecular flexibility index (Phi) is 7.52. The molecule has 0 saturated heterocycles. The van der Waals surface area contributed by atoms with Crippen LogP contribution in [0.25, 0.3) is 0 Å². The van der Waals surface area contributed by atoms with Crippen LogP contribution in [0.4, 0.5) is 51.2 Å². The van der Waals surface area contributed by atoms with Crippen molar-refractivity contribution < 1.29 is 0 Å². The maximum Gasteiger partial charge on any atom is 0.252 e. The number of hydrogen-bond acceptors (Lipinski definition) is 4. The summed E-state index contributed by atoms with van der Waals surface area (Å²) in [5, 5.41) is 0. The minimum absolute atomic E-state index is 0.0755. The summed E-state index contributed by atoms with van der Waals surface area (Å²) in [6.45, 7) is 21.7. The molecule has 7 aliphatic rings. The zero-order chi connectivity index (χ0) is 42.9. The Bertz CT molecular complexity index is 3000. The van der Waals surface area contributed by atoms with E-state index in [1.807, 2.05) is 0 Å². The average molecular weight is 823 g/mol. The van der Waals surface area contributed by atoms with Crippen LogP contribution >= 0.6 is 0 Å². The van der Waals surface area contributed by atoms with Crippen LogP contribution in [0.15, 0.2) is 127 Å². The van der Waals surface area contributed by atoms with Gasteiger partial charge in [0.15, 0.2) is 0 Å². The number of allylic oxidation sites excluding steroid dienone is 1. The lowest BCUT2D eigenvalue weighted by Gasteiger charge is -2.48. The van der Waals surface area contributed by atoms with Crippen molar-refractivity contribution in [3.05, 3.63) is 155 Å². The van der Waals surface area contributed by atoms with Crippen LogP contribution in [0.5, 0.6) is 0 Å². The van der Waals surface area contributed by atoms with Crippen molar-refractivity contribution in [3.63, 3.8) is 0 Å². The summed E-state index contributed by atoms with van der Waals surface area (Å²) in [6, 6.07) is 46.9. The molecule has 314 valence electrons. The molecule has 63 heavy (non-hydrogen) atoms. The quantitative estimate of drug-likeness (QED) is 0.112. The number of hydrogen-bond donors (Lipinski definition) is 0. The highest BCUT2D eigenvalue weighted by molar-refractivity contribution is 7.00. The monoisotopic (exact) mass is 822 g/mol. The molecule has 0 N–H and O–H groups in total. The van der Waals surface area contributed by atoms with Crippen LogP contribution in [0.3, 0.4) is 0 Å². The van der Waals surface area contributed by atoms with Crippen molar-refractivity contribution in [2.45, 2.75) is 115 Å². The van der Waals surface area contributed by atoms with Crippen LogP contribution in [-0.2, 0) is 21.7 Å². The Hall–Kier alpha value is -5.68. The summed E-state index contributed by atoms with van der Waals surface area (Å²) in [5.41, 5.74) is 24.3. The molecule has 6 aliphatic heterocycles. The van der Waals surface area contributed by atoms with Gasteiger partial charge in [0, 0.05) is 81.1 Å². The summed E-state index contributed by atoms with van der Waals surface area (Å²) in [6.07, 6.45) is 8.57. The molecule has 0 spiro atoms. The normalized spacial score (nSPS) is 21.8. The second-order valence-corrected chi connectivity index (χ2v) is 22.3. The lowest BCUT2D eigenvalue weighted by atomic mass is 9.33. The molecular weight excluding hydrogens is 763 g/mol. The molecule has 0 saturated carbocycles. The first kappa shape index (κ1) is 37.8. The lowest BCUT2D eigenvalue weighted by molar-refractivity contribution is 0.427. The third kappa shape index (κ3) is 5.11. The molecule has 1 atom stereocenters. The van der Waals surface area contributed by atoms with Crippen molar-refractivity contribution in [2.75, 3.05) is 32.7 Å². The summed E-state index contributed by atoms with van der Waals surface area (Å²) in [4.78, 5) is 10.7. The molecule has 0 radical (unpaired) electrons. The fraction of sp³-hybridized carbons (Fsp3) is 0.345. The van der Waals surface area contributed by atoms with Crippen LogP contribution in [0.2, 0.25) is 0 Å². The van der Waals surface area contributed by atoms with Gasteiger partial charge in [-0.05, 0) is 148 Å². The van der Waals surface area contributed by atoms with E-state index in [9.17, 15) is 0 Å². The van der Waals surface area contributed by atoms with Gasteiger partial charge in [-0.1, -0.05) is 122 Å². The number of anilines is 9. The summed E-state index contributed by atoms with van der Waals surface area (Å²) in [5.74, 6) is 0. The molecule has 6 aromatic carbocycles. The molecule has 0 aromatic heterocycles. The van der Waals surface area contributed by atoms with E-state index in [0.717, 1.165) is 25.9 Å². The third-order valence-corrected chi connectivity index (χ3v) is 17.3. The molecule has 1 unspecified atom stereocenters. The number of nitrogens with zero attached hydrogens (tertiary/aromatic N) is 4. The minimum Gasteiger partial charge on any atom is -0.365 e. The highest BCUT2D eigenvalue weighted by Gasteiger charge is 2.46. The van der Waals surface area contributed by atoms with Crippen molar-refractivity contribution >= 4 is 74.3 Å². The topological polar surface area (TPSA) is 13.0 Å². The maximum atomic E-state index is 2.78. The van der Waals surface area contributed by atoms with E-state index in [-0.39, 0.29) is 28.4 Å². The molecule has 6 heterocycles. The first-order chi connectivity index (χ1) is 30.2. The number of rotatable bonds is 0. The van der Waals surface area contributed by atoms with Gasteiger partial charge in [0.25, 0.3) is 6.71 Å². The Labute approximate surface area is 375 Å². The molecule has 1 aliphatic carbocycles.